The lowest BCUT2D eigenvalue weighted by Gasteiger charge is -2.02. The van der Waals surface area contributed by atoms with Crippen LogP contribution in [-0.4, -0.2) is 23.5 Å². The molecule has 5 nitrogen and oxygen atoms in total. The Morgan fingerprint density at radius 1 is 1.35 bits per heavy atom. The highest BCUT2D eigenvalue weighted by molar-refractivity contribution is 9.10. The monoisotopic (exact) mass is 303 g/mol. The maximum atomic E-state index is 11.5. The Kier molecular flexibility index (Phi) is 5.76. The van der Waals surface area contributed by atoms with Crippen molar-refractivity contribution in [3.63, 3.8) is 0 Å². The van der Waals surface area contributed by atoms with Gasteiger partial charge >= 0.3 is 5.97 Å². The van der Waals surface area contributed by atoms with Crippen LogP contribution in [0, 0.1) is 0 Å². The Labute approximate surface area is 107 Å². The van der Waals surface area contributed by atoms with Crippen molar-refractivity contribution in [1.82, 2.24) is 5.32 Å². The second-order valence-electron chi connectivity index (χ2n) is 3.56. The van der Waals surface area contributed by atoms with Gasteiger partial charge in [-0.15, -0.1) is 0 Å². The summed E-state index contributed by atoms with van der Waals surface area (Å²) < 4.78 is 5.62. The van der Waals surface area contributed by atoms with Gasteiger partial charge in [0.2, 0.25) is 5.76 Å². The van der Waals surface area contributed by atoms with Crippen molar-refractivity contribution in [1.29, 1.82) is 0 Å². The summed E-state index contributed by atoms with van der Waals surface area (Å²) in [5.74, 6) is -0.788. The van der Waals surface area contributed by atoms with Crippen molar-refractivity contribution in [2.45, 2.75) is 25.7 Å². The Morgan fingerprint density at radius 3 is 2.71 bits per heavy atom. The molecule has 0 spiro atoms. The van der Waals surface area contributed by atoms with Gasteiger partial charge in [0.1, 0.15) is 0 Å². The van der Waals surface area contributed by atoms with Crippen LogP contribution in [0.4, 0.5) is 0 Å². The normalized spacial score (nSPS) is 10.2. The molecule has 0 saturated carbocycles. The molecule has 6 heteroatoms. The van der Waals surface area contributed by atoms with Gasteiger partial charge in [0.15, 0.2) is 0 Å². The van der Waals surface area contributed by atoms with Gasteiger partial charge in [-0.25, -0.2) is 0 Å². The lowest BCUT2D eigenvalue weighted by molar-refractivity contribution is -0.137. The predicted molar refractivity (Wildman–Crippen MR) is 64.8 cm³/mol. The van der Waals surface area contributed by atoms with E-state index in [0.29, 0.717) is 17.4 Å². The quantitative estimate of drug-likeness (QED) is 0.758. The fraction of sp³-hybridized carbons (Fsp3) is 0.455. The smallest absolute Gasteiger partial charge is 0.303 e. The number of furan rings is 1. The second kappa shape index (κ2) is 7.11. The molecule has 0 atom stereocenters. The van der Waals surface area contributed by atoms with E-state index in [1.807, 2.05) is 0 Å². The van der Waals surface area contributed by atoms with E-state index in [0.717, 1.165) is 12.8 Å². The average molecular weight is 304 g/mol. The van der Waals surface area contributed by atoms with Crippen LogP contribution in [0.3, 0.4) is 0 Å². The Morgan fingerprint density at radius 2 is 2.12 bits per heavy atom. The molecule has 1 amide bonds. The third kappa shape index (κ3) is 5.04. The van der Waals surface area contributed by atoms with Crippen LogP contribution in [0.15, 0.2) is 21.2 Å². The molecule has 0 saturated heterocycles. The average Bonchev–Trinajstić information content (AvgIpc) is 2.69. The molecule has 1 aromatic rings. The molecule has 0 radical (unpaired) electrons. The molecular weight excluding hydrogens is 290 g/mol. The number of carboxylic acid groups (broad SMARTS) is 1. The Balaban J connectivity index is 2.13. The van der Waals surface area contributed by atoms with Crippen molar-refractivity contribution >= 4 is 27.8 Å². The first kappa shape index (κ1) is 13.8. The minimum absolute atomic E-state index is 0.178. The number of carbonyl (C=O) groups excluding carboxylic acids is 1. The third-order valence-corrected chi connectivity index (χ3v) is 2.80. The zero-order valence-electron chi connectivity index (χ0n) is 9.24. The number of unbranched alkanes of at least 4 members (excludes halogenated alkanes) is 2. The maximum Gasteiger partial charge on any atom is 0.303 e. The highest BCUT2D eigenvalue weighted by atomic mass is 79.9. The van der Waals surface area contributed by atoms with Gasteiger partial charge in [-0.2, -0.15) is 0 Å². The number of hydrogen-bond donors (Lipinski definition) is 2. The van der Waals surface area contributed by atoms with E-state index in [-0.39, 0.29) is 18.1 Å². The van der Waals surface area contributed by atoms with E-state index in [9.17, 15) is 9.59 Å². The van der Waals surface area contributed by atoms with Crippen LogP contribution in [0.1, 0.15) is 36.2 Å². The van der Waals surface area contributed by atoms with Gasteiger partial charge in [-0.3, -0.25) is 9.59 Å². The first-order chi connectivity index (χ1) is 8.11. The summed E-state index contributed by atoms with van der Waals surface area (Å²) in [5, 5.41) is 11.1. The Bertz CT molecular complexity index is 389. The molecule has 1 aromatic heterocycles. The Hall–Kier alpha value is -1.30. The summed E-state index contributed by atoms with van der Waals surface area (Å²) in [6.45, 7) is 0.519. The highest BCUT2D eigenvalue weighted by Crippen LogP contribution is 2.16. The van der Waals surface area contributed by atoms with E-state index in [1.54, 1.807) is 6.07 Å². The highest BCUT2D eigenvalue weighted by Gasteiger charge is 2.12. The molecule has 0 unspecified atom stereocenters. The van der Waals surface area contributed by atoms with Crippen molar-refractivity contribution in [3.05, 3.63) is 22.6 Å². The third-order valence-electron chi connectivity index (χ3n) is 2.18. The lowest BCUT2D eigenvalue weighted by atomic mass is 10.2. The number of carboxylic acids is 1. The van der Waals surface area contributed by atoms with Crippen molar-refractivity contribution < 1.29 is 19.1 Å². The number of halogens is 1. The lowest BCUT2D eigenvalue weighted by Crippen LogP contribution is -2.24. The topological polar surface area (TPSA) is 79.5 Å². The number of hydrogen-bond acceptors (Lipinski definition) is 3. The van der Waals surface area contributed by atoms with Gasteiger partial charge in [-0.05, 0) is 34.8 Å². The summed E-state index contributed by atoms with van der Waals surface area (Å²) in [4.78, 5) is 21.8. The van der Waals surface area contributed by atoms with Crippen LogP contribution in [-0.2, 0) is 4.79 Å². The molecule has 0 aliphatic carbocycles. The summed E-state index contributed by atoms with van der Waals surface area (Å²) in [6.07, 6.45) is 3.79. The number of aliphatic carboxylic acids is 1. The standard InChI is InChI=1S/C11H14BrNO4/c12-8-5-7-17-10(8)11(16)13-6-3-1-2-4-9(14)15/h5,7H,1-4,6H2,(H,13,16)(H,14,15). The fourth-order valence-corrected chi connectivity index (χ4v) is 1.70. The number of rotatable bonds is 7. The number of nitrogens with one attached hydrogen (secondary N) is 1. The van der Waals surface area contributed by atoms with E-state index in [4.69, 9.17) is 9.52 Å². The SMILES string of the molecule is O=C(O)CCCCCNC(=O)c1occc1Br. The molecule has 1 heterocycles. The predicted octanol–water partition coefficient (Wildman–Crippen LogP) is 2.42. The van der Waals surface area contributed by atoms with Crippen molar-refractivity contribution in [2.75, 3.05) is 6.54 Å². The van der Waals surface area contributed by atoms with Gasteiger partial charge in [-0.1, -0.05) is 6.42 Å². The van der Waals surface area contributed by atoms with E-state index < -0.39 is 5.97 Å². The van der Waals surface area contributed by atoms with Crippen LogP contribution in [0.25, 0.3) is 0 Å². The molecule has 94 valence electrons. The minimum atomic E-state index is -0.784. The fourth-order valence-electron chi connectivity index (χ4n) is 1.32. The van der Waals surface area contributed by atoms with E-state index >= 15 is 0 Å². The molecule has 1 rings (SSSR count). The van der Waals surface area contributed by atoms with Crippen LogP contribution in [0.5, 0.6) is 0 Å². The zero-order chi connectivity index (χ0) is 12.7. The summed E-state index contributed by atoms with van der Waals surface area (Å²) >= 11 is 3.20. The van der Waals surface area contributed by atoms with Gasteiger partial charge in [0, 0.05) is 13.0 Å². The minimum Gasteiger partial charge on any atom is -0.481 e. The molecule has 0 aromatic carbocycles. The maximum absolute atomic E-state index is 11.5. The first-order valence-corrected chi connectivity index (χ1v) is 6.13. The summed E-state index contributed by atoms with van der Waals surface area (Å²) in [5.41, 5.74) is 0. The molecule has 0 aliphatic heterocycles. The van der Waals surface area contributed by atoms with Gasteiger partial charge < -0.3 is 14.8 Å². The largest absolute Gasteiger partial charge is 0.481 e. The van der Waals surface area contributed by atoms with Crippen LogP contribution < -0.4 is 5.32 Å². The molecule has 17 heavy (non-hydrogen) atoms. The number of carbonyl (C=O) groups is 2. The molecule has 0 bridgehead atoms. The summed E-state index contributed by atoms with van der Waals surface area (Å²) in [6, 6.07) is 1.65. The molecular formula is C11H14BrNO4. The van der Waals surface area contributed by atoms with Crippen LogP contribution >= 0.6 is 15.9 Å². The van der Waals surface area contributed by atoms with Crippen LogP contribution in [0.2, 0.25) is 0 Å². The van der Waals surface area contributed by atoms with Crippen molar-refractivity contribution in [3.8, 4) is 0 Å². The van der Waals surface area contributed by atoms with E-state index in [1.165, 1.54) is 6.26 Å². The van der Waals surface area contributed by atoms with E-state index in [2.05, 4.69) is 21.2 Å². The molecule has 0 fully saturated rings. The summed E-state index contributed by atoms with van der Waals surface area (Å²) in [7, 11) is 0. The van der Waals surface area contributed by atoms with Gasteiger partial charge in [0.05, 0.1) is 10.7 Å². The van der Waals surface area contributed by atoms with Gasteiger partial charge in [0.25, 0.3) is 5.91 Å². The first-order valence-electron chi connectivity index (χ1n) is 5.34. The molecule has 0 aliphatic rings. The second-order valence-corrected chi connectivity index (χ2v) is 4.41. The van der Waals surface area contributed by atoms with Crippen molar-refractivity contribution in [2.24, 2.45) is 0 Å². The number of amides is 1. The molecule has 2 N–H and O–H groups in total. The zero-order valence-corrected chi connectivity index (χ0v) is 10.8.